The summed E-state index contributed by atoms with van der Waals surface area (Å²) >= 11 is 5.78. The quantitative estimate of drug-likeness (QED) is 0.724. The van der Waals surface area contributed by atoms with E-state index in [1.807, 2.05) is 0 Å². The molecule has 3 heterocycles. The molecule has 1 N–H and O–H groups in total. The lowest BCUT2D eigenvalue weighted by atomic mass is 10.1. The van der Waals surface area contributed by atoms with Gasteiger partial charge in [-0.05, 0) is 43.2 Å². The Morgan fingerprint density at radius 2 is 2.00 bits per heavy atom. The first-order chi connectivity index (χ1) is 13.6. The molecule has 0 spiro atoms. The van der Waals surface area contributed by atoms with Crippen molar-refractivity contribution in [2.45, 2.75) is 18.9 Å². The summed E-state index contributed by atoms with van der Waals surface area (Å²) in [7, 11) is 0. The number of nitrogens with one attached hydrogen (secondary N) is 1. The predicted molar refractivity (Wildman–Crippen MR) is 101 cm³/mol. The number of aromatic amines is 1. The molecule has 1 saturated heterocycles. The topological polar surface area (TPSA) is 84.0 Å². The number of halogens is 2. The average Bonchev–Trinajstić information content (AvgIpc) is 3.20. The first-order valence-electron chi connectivity index (χ1n) is 8.83. The lowest BCUT2D eigenvalue weighted by Crippen LogP contribution is -2.44. The van der Waals surface area contributed by atoms with Crippen molar-refractivity contribution in [3.05, 3.63) is 59.3 Å². The molecular formula is C19H17ClFN5O2. The average molecular weight is 402 g/mol. The normalized spacial score (nSPS) is 16.8. The molecule has 144 valence electrons. The number of rotatable bonds is 4. The van der Waals surface area contributed by atoms with Crippen LogP contribution in [0.25, 0.3) is 11.3 Å². The second kappa shape index (κ2) is 7.93. The van der Waals surface area contributed by atoms with Crippen LogP contribution in [0.4, 0.5) is 4.39 Å². The number of likely N-dealkylation sites (tertiary alicyclic amines) is 1. The molecule has 9 heteroatoms. The van der Waals surface area contributed by atoms with Gasteiger partial charge in [-0.25, -0.2) is 14.4 Å². The fourth-order valence-electron chi connectivity index (χ4n) is 3.10. The second-order valence-corrected chi connectivity index (χ2v) is 6.93. The number of hydrogen-bond acceptors (Lipinski definition) is 5. The molecule has 1 aromatic carbocycles. The molecule has 2 aromatic heterocycles. The standard InChI is InChI=1S/C19H17ClFN5O2/c20-13-9-22-19(23-10-13)28-15-2-1-7-26(11-15)18(27)17-8-16(24-25-17)12-3-5-14(21)6-4-12/h3-6,8-10,15H,1-2,7,11H2,(H,24,25). The van der Waals surface area contributed by atoms with Gasteiger partial charge in [0.2, 0.25) is 0 Å². The molecule has 28 heavy (non-hydrogen) atoms. The molecule has 1 fully saturated rings. The Bertz CT molecular complexity index is 961. The van der Waals surface area contributed by atoms with Gasteiger partial charge in [-0.2, -0.15) is 5.10 Å². The third-order valence-electron chi connectivity index (χ3n) is 4.48. The fourth-order valence-corrected chi connectivity index (χ4v) is 3.20. The Hall–Kier alpha value is -3.00. The van der Waals surface area contributed by atoms with Crippen LogP contribution in [0.5, 0.6) is 6.01 Å². The molecular weight excluding hydrogens is 385 g/mol. The number of piperidine rings is 1. The lowest BCUT2D eigenvalue weighted by molar-refractivity contribution is 0.0510. The third kappa shape index (κ3) is 4.12. The first-order valence-corrected chi connectivity index (χ1v) is 9.21. The van der Waals surface area contributed by atoms with E-state index in [9.17, 15) is 9.18 Å². The summed E-state index contributed by atoms with van der Waals surface area (Å²) in [5, 5.41) is 7.37. The van der Waals surface area contributed by atoms with E-state index in [-0.39, 0.29) is 23.8 Å². The van der Waals surface area contributed by atoms with Gasteiger partial charge in [0, 0.05) is 12.1 Å². The maximum atomic E-state index is 13.1. The summed E-state index contributed by atoms with van der Waals surface area (Å²) in [4.78, 5) is 22.6. The van der Waals surface area contributed by atoms with Crippen molar-refractivity contribution < 1.29 is 13.9 Å². The molecule has 1 unspecified atom stereocenters. The SMILES string of the molecule is O=C(c1cc(-c2ccc(F)cc2)n[nH]1)N1CCCC(Oc2ncc(Cl)cn2)C1. The van der Waals surface area contributed by atoms with Crippen LogP contribution in [0.3, 0.4) is 0 Å². The van der Waals surface area contributed by atoms with Crippen LogP contribution in [-0.2, 0) is 0 Å². The van der Waals surface area contributed by atoms with Crippen molar-refractivity contribution in [2.75, 3.05) is 13.1 Å². The first kappa shape index (κ1) is 18.4. The van der Waals surface area contributed by atoms with Crippen LogP contribution >= 0.6 is 11.6 Å². The van der Waals surface area contributed by atoms with E-state index in [1.165, 1.54) is 24.5 Å². The van der Waals surface area contributed by atoms with Crippen LogP contribution in [0, 0.1) is 5.82 Å². The highest BCUT2D eigenvalue weighted by Crippen LogP contribution is 2.21. The second-order valence-electron chi connectivity index (χ2n) is 6.49. The Morgan fingerprint density at radius 1 is 1.25 bits per heavy atom. The molecule has 1 atom stereocenters. The molecule has 1 aliphatic rings. The number of nitrogens with zero attached hydrogens (tertiary/aromatic N) is 4. The van der Waals surface area contributed by atoms with E-state index in [0.717, 1.165) is 18.4 Å². The summed E-state index contributed by atoms with van der Waals surface area (Å²) in [6, 6.07) is 7.87. The van der Waals surface area contributed by atoms with E-state index in [4.69, 9.17) is 16.3 Å². The fraction of sp³-hybridized carbons (Fsp3) is 0.263. The van der Waals surface area contributed by atoms with Gasteiger partial charge in [0.25, 0.3) is 5.91 Å². The maximum absolute atomic E-state index is 13.1. The number of hydrogen-bond donors (Lipinski definition) is 1. The zero-order valence-electron chi connectivity index (χ0n) is 14.8. The molecule has 4 rings (SSSR count). The predicted octanol–water partition coefficient (Wildman–Crippen LogP) is 3.34. The van der Waals surface area contributed by atoms with Gasteiger partial charge in [0.05, 0.1) is 29.7 Å². The minimum atomic E-state index is -0.320. The van der Waals surface area contributed by atoms with Crippen molar-refractivity contribution in [1.82, 2.24) is 25.1 Å². The van der Waals surface area contributed by atoms with Crippen molar-refractivity contribution in [2.24, 2.45) is 0 Å². The van der Waals surface area contributed by atoms with Gasteiger partial charge in [0.15, 0.2) is 0 Å². The number of carbonyl (C=O) groups excluding carboxylic acids is 1. The Morgan fingerprint density at radius 3 is 2.75 bits per heavy atom. The number of aromatic nitrogens is 4. The molecule has 0 radical (unpaired) electrons. The maximum Gasteiger partial charge on any atom is 0.316 e. The lowest BCUT2D eigenvalue weighted by Gasteiger charge is -2.32. The van der Waals surface area contributed by atoms with Crippen LogP contribution in [0.15, 0.2) is 42.7 Å². The molecule has 3 aromatic rings. The monoisotopic (exact) mass is 401 g/mol. The molecule has 1 aliphatic heterocycles. The van der Waals surface area contributed by atoms with Crippen LogP contribution in [0.1, 0.15) is 23.3 Å². The summed E-state index contributed by atoms with van der Waals surface area (Å²) < 4.78 is 18.9. The number of amides is 1. The molecule has 0 bridgehead atoms. The van der Waals surface area contributed by atoms with E-state index in [0.29, 0.717) is 29.5 Å². The highest BCUT2D eigenvalue weighted by atomic mass is 35.5. The summed E-state index contributed by atoms with van der Waals surface area (Å²) in [5.41, 5.74) is 1.70. The Balaban J connectivity index is 1.43. The number of carbonyl (C=O) groups is 1. The zero-order chi connectivity index (χ0) is 19.5. The highest BCUT2D eigenvalue weighted by Gasteiger charge is 2.27. The number of ether oxygens (including phenoxy) is 1. The highest BCUT2D eigenvalue weighted by molar-refractivity contribution is 6.30. The van der Waals surface area contributed by atoms with Crippen molar-refractivity contribution in [3.8, 4) is 17.3 Å². The van der Waals surface area contributed by atoms with Gasteiger partial charge in [0.1, 0.15) is 17.6 Å². The van der Waals surface area contributed by atoms with Crippen molar-refractivity contribution >= 4 is 17.5 Å². The minimum absolute atomic E-state index is 0.161. The summed E-state index contributed by atoms with van der Waals surface area (Å²) in [5.74, 6) is -0.481. The van der Waals surface area contributed by atoms with E-state index >= 15 is 0 Å². The van der Waals surface area contributed by atoms with E-state index in [1.54, 1.807) is 23.1 Å². The van der Waals surface area contributed by atoms with E-state index in [2.05, 4.69) is 20.2 Å². The van der Waals surface area contributed by atoms with Gasteiger partial charge in [-0.15, -0.1) is 0 Å². The number of benzene rings is 1. The number of H-pyrrole nitrogens is 1. The minimum Gasteiger partial charge on any atom is -0.458 e. The van der Waals surface area contributed by atoms with E-state index < -0.39 is 0 Å². The van der Waals surface area contributed by atoms with Crippen LogP contribution in [0.2, 0.25) is 5.02 Å². The van der Waals surface area contributed by atoms with Crippen molar-refractivity contribution in [1.29, 1.82) is 0 Å². The summed E-state index contributed by atoms with van der Waals surface area (Å²) in [6.07, 6.45) is 4.36. The largest absolute Gasteiger partial charge is 0.458 e. The van der Waals surface area contributed by atoms with Gasteiger partial charge < -0.3 is 9.64 Å². The molecule has 0 saturated carbocycles. The van der Waals surface area contributed by atoms with Gasteiger partial charge in [-0.1, -0.05) is 11.6 Å². The molecule has 7 nitrogen and oxygen atoms in total. The Labute approximate surface area is 165 Å². The van der Waals surface area contributed by atoms with Crippen LogP contribution in [-0.4, -0.2) is 50.2 Å². The van der Waals surface area contributed by atoms with Crippen molar-refractivity contribution in [3.63, 3.8) is 0 Å². The third-order valence-corrected chi connectivity index (χ3v) is 4.68. The van der Waals surface area contributed by atoms with Crippen LogP contribution < -0.4 is 4.74 Å². The smallest absolute Gasteiger partial charge is 0.316 e. The molecule has 1 amide bonds. The summed E-state index contributed by atoms with van der Waals surface area (Å²) in [6.45, 7) is 1.06. The zero-order valence-corrected chi connectivity index (χ0v) is 15.6. The van der Waals surface area contributed by atoms with Gasteiger partial charge >= 0.3 is 6.01 Å². The van der Waals surface area contributed by atoms with Gasteiger partial charge in [-0.3, -0.25) is 9.89 Å². The Kier molecular flexibility index (Phi) is 5.21. The molecule has 0 aliphatic carbocycles.